The Hall–Kier alpha value is -1.62. The summed E-state index contributed by atoms with van der Waals surface area (Å²) >= 11 is 0. The highest BCUT2D eigenvalue weighted by atomic mass is 19.1. The van der Waals surface area contributed by atoms with Crippen molar-refractivity contribution in [1.29, 1.82) is 0 Å². The van der Waals surface area contributed by atoms with Crippen molar-refractivity contribution in [2.75, 3.05) is 19.6 Å². The van der Waals surface area contributed by atoms with Gasteiger partial charge in [-0.05, 0) is 30.8 Å². The number of carbonyl (C=O) groups is 1. The third kappa shape index (κ3) is 2.30. The van der Waals surface area contributed by atoms with Gasteiger partial charge in [-0.15, -0.1) is 0 Å². The number of halogens is 1. The van der Waals surface area contributed by atoms with E-state index < -0.39 is 5.60 Å². The molecule has 2 aliphatic heterocycles. The van der Waals surface area contributed by atoms with Crippen LogP contribution in [-0.4, -0.2) is 31.3 Å². The van der Waals surface area contributed by atoms with Gasteiger partial charge in [-0.1, -0.05) is 12.1 Å². The number of piperidine rings is 1. The molecule has 2 aliphatic rings. The summed E-state index contributed by atoms with van der Waals surface area (Å²) in [6.07, 6.45) is 1.24. The summed E-state index contributed by atoms with van der Waals surface area (Å²) in [6.45, 7) is 2.22. The Balaban J connectivity index is 1.92. The van der Waals surface area contributed by atoms with Gasteiger partial charge in [-0.25, -0.2) is 9.18 Å². The first kappa shape index (κ1) is 12.4. The fourth-order valence-electron chi connectivity index (χ4n) is 3.08. The van der Waals surface area contributed by atoms with Crippen LogP contribution < -0.4 is 10.6 Å². The molecule has 102 valence electrons. The molecule has 0 radical (unpaired) electrons. The zero-order chi connectivity index (χ0) is 13.3. The number of amides is 1. The van der Waals surface area contributed by atoms with Crippen LogP contribution in [-0.2, 0) is 4.74 Å². The first-order chi connectivity index (χ1) is 9.20. The van der Waals surface area contributed by atoms with Gasteiger partial charge in [0.15, 0.2) is 0 Å². The van der Waals surface area contributed by atoms with Crippen molar-refractivity contribution >= 4 is 6.09 Å². The minimum absolute atomic E-state index is 0.0768. The summed E-state index contributed by atoms with van der Waals surface area (Å²) in [6, 6.07) is 6.48. The van der Waals surface area contributed by atoms with E-state index in [1.54, 1.807) is 12.1 Å². The first-order valence-corrected chi connectivity index (χ1v) is 6.63. The fraction of sp³-hybridized carbons (Fsp3) is 0.500. The van der Waals surface area contributed by atoms with Crippen LogP contribution >= 0.6 is 0 Å². The van der Waals surface area contributed by atoms with Crippen LogP contribution in [0.2, 0.25) is 0 Å². The summed E-state index contributed by atoms with van der Waals surface area (Å²) in [5.41, 5.74) is 0.564. The molecule has 0 bridgehead atoms. The molecule has 0 aliphatic carbocycles. The third-order valence-corrected chi connectivity index (χ3v) is 4.10. The minimum atomic E-state index is -0.453. The molecule has 1 aromatic carbocycles. The third-order valence-electron chi connectivity index (χ3n) is 4.10. The van der Waals surface area contributed by atoms with Crippen LogP contribution in [0.25, 0.3) is 0 Å². The fourth-order valence-corrected chi connectivity index (χ4v) is 3.08. The molecule has 3 rings (SSSR count). The number of benzene rings is 1. The van der Waals surface area contributed by atoms with E-state index in [9.17, 15) is 9.18 Å². The highest BCUT2D eigenvalue weighted by Gasteiger charge is 2.47. The molecular formula is C14H17FN2O2. The molecule has 0 aromatic heterocycles. The molecular weight excluding hydrogens is 247 g/mol. The van der Waals surface area contributed by atoms with E-state index >= 15 is 0 Å². The topological polar surface area (TPSA) is 50.4 Å². The van der Waals surface area contributed by atoms with Crippen molar-refractivity contribution in [3.63, 3.8) is 0 Å². The molecule has 2 N–H and O–H groups in total. The van der Waals surface area contributed by atoms with Gasteiger partial charge in [0.25, 0.3) is 0 Å². The molecule has 0 unspecified atom stereocenters. The van der Waals surface area contributed by atoms with E-state index in [1.807, 2.05) is 0 Å². The van der Waals surface area contributed by atoms with E-state index in [0.717, 1.165) is 31.5 Å². The predicted molar refractivity (Wildman–Crippen MR) is 68.5 cm³/mol. The number of carbonyl (C=O) groups excluding carboxylic acids is 1. The van der Waals surface area contributed by atoms with E-state index in [0.29, 0.717) is 6.54 Å². The summed E-state index contributed by atoms with van der Waals surface area (Å²) in [4.78, 5) is 11.6. The van der Waals surface area contributed by atoms with Crippen molar-refractivity contribution in [2.45, 2.75) is 24.4 Å². The lowest BCUT2D eigenvalue weighted by atomic mass is 9.75. The maximum absolute atomic E-state index is 13.0. The summed E-state index contributed by atoms with van der Waals surface area (Å²) in [7, 11) is 0. The maximum Gasteiger partial charge on any atom is 0.407 e. The van der Waals surface area contributed by atoms with E-state index in [1.165, 1.54) is 12.1 Å². The molecule has 2 heterocycles. The second-order valence-corrected chi connectivity index (χ2v) is 5.19. The van der Waals surface area contributed by atoms with Gasteiger partial charge in [0.1, 0.15) is 11.4 Å². The van der Waals surface area contributed by atoms with Crippen molar-refractivity contribution in [3.8, 4) is 0 Å². The highest BCUT2D eigenvalue weighted by Crippen LogP contribution is 2.40. The first-order valence-electron chi connectivity index (χ1n) is 6.63. The van der Waals surface area contributed by atoms with Crippen LogP contribution in [0, 0.1) is 5.82 Å². The maximum atomic E-state index is 13.0. The second-order valence-electron chi connectivity index (χ2n) is 5.19. The van der Waals surface area contributed by atoms with Crippen LogP contribution in [0.5, 0.6) is 0 Å². The molecule has 2 saturated heterocycles. The van der Waals surface area contributed by atoms with E-state index in [2.05, 4.69) is 10.6 Å². The largest absolute Gasteiger partial charge is 0.442 e. The van der Waals surface area contributed by atoms with E-state index in [-0.39, 0.29) is 17.8 Å². The molecule has 1 atom stereocenters. The molecule has 4 nitrogen and oxygen atoms in total. The van der Waals surface area contributed by atoms with Crippen molar-refractivity contribution in [3.05, 3.63) is 35.6 Å². The Labute approximate surface area is 111 Å². The Morgan fingerprint density at radius 2 is 1.89 bits per heavy atom. The van der Waals surface area contributed by atoms with Gasteiger partial charge in [-0.2, -0.15) is 0 Å². The second kappa shape index (κ2) is 4.81. The molecule has 5 heteroatoms. The van der Waals surface area contributed by atoms with Crippen LogP contribution in [0.15, 0.2) is 24.3 Å². The molecule has 2 fully saturated rings. The average molecular weight is 264 g/mol. The number of hydrogen-bond donors (Lipinski definition) is 2. The number of hydrogen-bond acceptors (Lipinski definition) is 3. The Morgan fingerprint density at radius 1 is 1.21 bits per heavy atom. The number of nitrogens with one attached hydrogen (secondary N) is 2. The Morgan fingerprint density at radius 3 is 2.58 bits per heavy atom. The highest BCUT2D eigenvalue weighted by molar-refractivity contribution is 5.69. The Bertz CT molecular complexity index is 469. The van der Waals surface area contributed by atoms with Crippen molar-refractivity contribution in [1.82, 2.24) is 10.6 Å². The molecule has 1 spiro atoms. The summed E-state index contributed by atoms with van der Waals surface area (Å²) < 4.78 is 18.7. The lowest BCUT2D eigenvalue weighted by molar-refractivity contribution is -0.0494. The molecule has 1 aromatic rings. The summed E-state index contributed by atoms with van der Waals surface area (Å²) in [5.74, 6) is -0.170. The molecule has 0 saturated carbocycles. The smallest absolute Gasteiger partial charge is 0.407 e. The van der Waals surface area contributed by atoms with Gasteiger partial charge in [-0.3, -0.25) is 0 Å². The average Bonchev–Trinajstić information content (AvgIpc) is 2.41. The zero-order valence-corrected chi connectivity index (χ0v) is 10.6. The number of ether oxygens (including phenoxy) is 1. The SMILES string of the molecule is O=C1NC[C@@H](c2ccc(F)cc2)C2(CCNCC2)O1. The van der Waals surface area contributed by atoms with Crippen molar-refractivity contribution < 1.29 is 13.9 Å². The minimum Gasteiger partial charge on any atom is -0.442 e. The van der Waals surface area contributed by atoms with Gasteiger partial charge in [0.2, 0.25) is 0 Å². The number of rotatable bonds is 1. The predicted octanol–water partition coefficient (Wildman–Crippen LogP) is 1.77. The van der Waals surface area contributed by atoms with Crippen LogP contribution in [0.1, 0.15) is 24.3 Å². The standard InChI is InChI=1S/C14H17FN2O2/c15-11-3-1-10(2-4-11)12-9-17-13(18)19-14(12)5-7-16-8-6-14/h1-4,12,16H,5-9H2,(H,17,18)/t12-/m0/s1. The zero-order valence-electron chi connectivity index (χ0n) is 10.6. The molecule has 19 heavy (non-hydrogen) atoms. The number of alkyl carbamates (subject to hydrolysis) is 1. The lowest BCUT2D eigenvalue weighted by Gasteiger charge is -2.46. The van der Waals surface area contributed by atoms with Gasteiger partial charge < -0.3 is 15.4 Å². The summed E-state index contributed by atoms with van der Waals surface area (Å²) in [5, 5.41) is 6.02. The van der Waals surface area contributed by atoms with Crippen LogP contribution in [0.4, 0.5) is 9.18 Å². The van der Waals surface area contributed by atoms with Gasteiger partial charge >= 0.3 is 6.09 Å². The van der Waals surface area contributed by atoms with Gasteiger partial charge in [0, 0.05) is 25.3 Å². The monoisotopic (exact) mass is 264 g/mol. The van der Waals surface area contributed by atoms with E-state index in [4.69, 9.17) is 4.74 Å². The lowest BCUT2D eigenvalue weighted by Crippen LogP contribution is -2.57. The van der Waals surface area contributed by atoms with Crippen molar-refractivity contribution in [2.24, 2.45) is 0 Å². The Kier molecular flexibility index (Phi) is 3.14. The van der Waals surface area contributed by atoms with Gasteiger partial charge in [0.05, 0.1) is 0 Å². The van der Waals surface area contributed by atoms with Crippen LogP contribution in [0.3, 0.4) is 0 Å². The quantitative estimate of drug-likeness (QED) is 0.813. The molecule has 1 amide bonds. The normalized spacial score (nSPS) is 25.7.